The molecule has 2 unspecified atom stereocenters. The fraction of sp³-hybridized carbons (Fsp3) is 0.611. The van der Waals surface area contributed by atoms with Gasteiger partial charge in [-0.3, -0.25) is 9.89 Å². The Morgan fingerprint density at radius 2 is 1.97 bits per heavy atom. The third-order valence-electron chi connectivity index (χ3n) is 4.27. The molecule has 0 bridgehead atoms. The van der Waals surface area contributed by atoms with Gasteiger partial charge in [-0.15, -0.1) is 24.0 Å². The Balaban J connectivity index is 0.00000450. The normalized spacial score (nSPS) is 18.8. The van der Waals surface area contributed by atoms with Gasteiger partial charge < -0.3 is 20.5 Å². The van der Waals surface area contributed by atoms with Crippen molar-refractivity contribution >= 4 is 29.9 Å². The molecule has 30 heavy (non-hydrogen) atoms. The first-order valence-corrected chi connectivity index (χ1v) is 9.23. The predicted octanol–water partition coefficient (Wildman–Crippen LogP) is 3.13. The van der Waals surface area contributed by atoms with E-state index >= 15 is 0 Å². The van der Waals surface area contributed by atoms with Gasteiger partial charge >= 0.3 is 12.8 Å². The van der Waals surface area contributed by atoms with E-state index in [2.05, 4.69) is 20.4 Å². The molecule has 0 amide bonds. The fourth-order valence-corrected chi connectivity index (χ4v) is 3.02. The van der Waals surface area contributed by atoms with Gasteiger partial charge in [0.1, 0.15) is 5.75 Å². The molecular weight excluding hydrogens is 526 g/mol. The van der Waals surface area contributed by atoms with Crippen molar-refractivity contribution in [1.29, 1.82) is 0 Å². The molecule has 2 atom stereocenters. The molecule has 1 saturated heterocycles. The zero-order chi connectivity index (χ0) is 21.4. The number of aliphatic hydroxyl groups excluding tert-OH is 1. The SMILES string of the molecule is CCNC(=NCC(O)c1ccc(OC(F)F)cc1)NC1CCN(CC(F)(F)F)C1.I. The van der Waals surface area contributed by atoms with Crippen molar-refractivity contribution in [3.63, 3.8) is 0 Å². The molecule has 6 nitrogen and oxygen atoms in total. The first kappa shape index (κ1) is 26.6. The molecule has 1 fully saturated rings. The van der Waals surface area contributed by atoms with Crippen molar-refractivity contribution in [2.24, 2.45) is 4.99 Å². The largest absolute Gasteiger partial charge is 0.435 e. The number of ether oxygens (including phenoxy) is 1. The molecule has 0 aliphatic carbocycles. The van der Waals surface area contributed by atoms with Gasteiger partial charge in [-0.05, 0) is 31.0 Å². The van der Waals surface area contributed by atoms with E-state index < -0.39 is 25.4 Å². The van der Waals surface area contributed by atoms with E-state index in [9.17, 15) is 27.1 Å². The van der Waals surface area contributed by atoms with Crippen molar-refractivity contribution < 1.29 is 31.8 Å². The zero-order valence-corrected chi connectivity index (χ0v) is 18.7. The summed E-state index contributed by atoms with van der Waals surface area (Å²) in [6, 6.07) is 5.39. The Labute approximate surface area is 188 Å². The van der Waals surface area contributed by atoms with E-state index in [1.165, 1.54) is 29.2 Å². The molecule has 0 aromatic heterocycles. The third-order valence-corrected chi connectivity index (χ3v) is 4.27. The molecule has 1 aromatic rings. The van der Waals surface area contributed by atoms with Crippen LogP contribution in [0.1, 0.15) is 25.0 Å². The van der Waals surface area contributed by atoms with Crippen LogP contribution in [-0.2, 0) is 0 Å². The lowest BCUT2D eigenvalue weighted by Gasteiger charge is -2.20. The van der Waals surface area contributed by atoms with Crippen molar-refractivity contribution in [2.45, 2.75) is 38.3 Å². The lowest BCUT2D eigenvalue weighted by atomic mass is 10.1. The summed E-state index contributed by atoms with van der Waals surface area (Å²) >= 11 is 0. The van der Waals surface area contributed by atoms with Crippen LogP contribution in [0.25, 0.3) is 0 Å². The van der Waals surface area contributed by atoms with Crippen LogP contribution < -0.4 is 15.4 Å². The number of halogens is 6. The minimum Gasteiger partial charge on any atom is -0.435 e. The molecule has 1 aliphatic heterocycles. The number of aliphatic hydroxyl groups is 1. The lowest BCUT2D eigenvalue weighted by Crippen LogP contribution is -2.45. The van der Waals surface area contributed by atoms with Gasteiger partial charge in [-0.1, -0.05) is 12.1 Å². The van der Waals surface area contributed by atoms with Crippen LogP contribution in [0.4, 0.5) is 22.0 Å². The van der Waals surface area contributed by atoms with Crippen molar-refractivity contribution in [1.82, 2.24) is 15.5 Å². The molecule has 3 N–H and O–H groups in total. The first-order valence-electron chi connectivity index (χ1n) is 9.23. The number of rotatable bonds is 8. The van der Waals surface area contributed by atoms with Gasteiger partial charge in [0.2, 0.25) is 0 Å². The molecule has 0 saturated carbocycles. The zero-order valence-electron chi connectivity index (χ0n) is 16.3. The number of alkyl halides is 5. The van der Waals surface area contributed by atoms with E-state index in [0.29, 0.717) is 31.0 Å². The maximum atomic E-state index is 12.5. The molecule has 0 spiro atoms. The summed E-state index contributed by atoms with van der Waals surface area (Å²) in [5.74, 6) is 0.377. The van der Waals surface area contributed by atoms with Gasteiger partial charge in [0, 0.05) is 25.7 Å². The van der Waals surface area contributed by atoms with Crippen molar-refractivity contribution in [3.05, 3.63) is 29.8 Å². The Bertz CT molecular complexity index is 661. The van der Waals surface area contributed by atoms with Gasteiger partial charge in [-0.2, -0.15) is 22.0 Å². The molecule has 172 valence electrons. The summed E-state index contributed by atoms with van der Waals surface area (Å²) in [7, 11) is 0. The van der Waals surface area contributed by atoms with Gasteiger partial charge in [0.15, 0.2) is 5.96 Å². The molecule has 12 heteroatoms. The number of hydrogen-bond acceptors (Lipinski definition) is 4. The van der Waals surface area contributed by atoms with Crippen LogP contribution in [-0.4, -0.2) is 67.5 Å². The Morgan fingerprint density at radius 1 is 1.30 bits per heavy atom. The number of guanidine groups is 1. The topological polar surface area (TPSA) is 69.1 Å². The van der Waals surface area contributed by atoms with Crippen LogP contribution in [0, 0.1) is 0 Å². The second-order valence-electron chi connectivity index (χ2n) is 6.66. The lowest BCUT2D eigenvalue weighted by molar-refractivity contribution is -0.143. The van der Waals surface area contributed by atoms with E-state index in [1.807, 2.05) is 6.92 Å². The number of nitrogens with zero attached hydrogens (tertiary/aromatic N) is 2. The molecule has 2 rings (SSSR count). The number of aliphatic imine (C=N–C) groups is 1. The van der Waals surface area contributed by atoms with Crippen LogP contribution >= 0.6 is 24.0 Å². The smallest absolute Gasteiger partial charge is 0.401 e. The second-order valence-corrected chi connectivity index (χ2v) is 6.66. The van der Waals surface area contributed by atoms with Crippen LogP contribution in [0.2, 0.25) is 0 Å². The first-order chi connectivity index (χ1) is 13.7. The predicted molar refractivity (Wildman–Crippen MR) is 113 cm³/mol. The summed E-state index contributed by atoms with van der Waals surface area (Å²) in [5.41, 5.74) is 0.475. The van der Waals surface area contributed by atoms with E-state index in [0.717, 1.165) is 0 Å². The molecular formula is C18H26F5IN4O2. The Morgan fingerprint density at radius 3 is 2.53 bits per heavy atom. The van der Waals surface area contributed by atoms with E-state index in [1.54, 1.807) is 0 Å². The maximum absolute atomic E-state index is 12.5. The van der Waals surface area contributed by atoms with Crippen LogP contribution in [0.5, 0.6) is 5.75 Å². The second kappa shape index (κ2) is 12.4. The van der Waals surface area contributed by atoms with Gasteiger partial charge in [0.05, 0.1) is 19.2 Å². The number of nitrogens with one attached hydrogen (secondary N) is 2. The number of hydrogen-bond donors (Lipinski definition) is 3. The number of likely N-dealkylation sites (tertiary alicyclic amines) is 1. The molecule has 1 aromatic carbocycles. The minimum absolute atomic E-state index is 0. The standard InChI is InChI=1S/C18H25F5N4O2.HI/c1-2-24-17(26-13-7-8-27(10-13)11-18(21,22)23)25-9-15(28)12-3-5-14(6-4-12)29-16(19)20;/h3-6,13,15-16,28H,2,7-11H2,1H3,(H2,24,25,26);1H. The summed E-state index contributed by atoms with van der Waals surface area (Å²) in [4.78, 5) is 5.61. The van der Waals surface area contributed by atoms with Crippen molar-refractivity contribution in [2.75, 3.05) is 32.7 Å². The minimum atomic E-state index is -4.23. The fourth-order valence-electron chi connectivity index (χ4n) is 3.02. The summed E-state index contributed by atoms with van der Waals surface area (Å²) in [6.45, 7) is -0.899. The van der Waals surface area contributed by atoms with Gasteiger partial charge in [-0.25, -0.2) is 0 Å². The highest BCUT2D eigenvalue weighted by atomic mass is 127. The Kier molecular flexibility index (Phi) is 11.0. The molecule has 0 radical (unpaired) electrons. The third kappa shape index (κ3) is 9.60. The monoisotopic (exact) mass is 552 g/mol. The quantitative estimate of drug-likeness (QED) is 0.200. The van der Waals surface area contributed by atoms with Crippen LogP contribution in [0.3, 0.4) is 0 Å². The van der Waals surface area contributed by atoms with Crippen molar-refractivity contribution in [3.8, 4) is 5.75 Å². The highest BCUT2D eigenvalue weighted by Gasteiger charge is 2.34. The number of benzene rings is 1. The highest BCUT2D eigenvalue weighted by molar-refractivity contribution is 14.0. The maximum Gasteiger partial charge on any atom is 0.401 e. The average Bonchev–Trinajstić information content (AvgIpc) is 3.04. The average molecular weight is 552 g/mol. The molecule has 1 aliphatic rings. The molecule has 1 heterocycles. The summed E-state index contributed by atoms with van der Waals surface area (Å²) in [5, 5.41) is 16.3. The summed E-state index contributed by atoms with van der Waals surface area (Å²) in [6.07, 6.45) is -4.65. The Hall–Kier alpha value is -1.41. The van der Waals surface area contributed by atoms with E-state index in [-0.39, 0.29) is 48.9 Å². The van der Waals surface area contributed by atoms with Crippen LogP contribution in [0.15, 0.2) is 29.3 Å². The highest BCUT2D eigenvalue weighted by Crippen LogP contribution is 2.21. The summed E-state index contributed by atoms with van der Waals surface area (Å²) < 4.78 is 66.1. The van der Waals surface area contributed by atoms with E-state index in [4.69, 9.17) is 0 Å². The van der Waals surface area contributed by atoms with Gasteiger partial charge in [0.25, 0.3) is 0 Å².